The highest BCUT2D eigenvalue weighted by atomic mass is 35.5. The number of benzene rings is 2. The van der Waals surface area contributed by atoms with Gasteiger partial charge in [0.05, 0.1) is 12.7 Å². The van der Waals surface area contributed by atoms with E-state index in [0.29, 0.717) is 12.1 Å². The van der Waals surface area contributed by atoms with Gasteiger partial charge in [-0.05, 0) is 98.5 Å². The molecule has 10 nitrogen and oxygen atoms in total. The Morgan fingerprint density at radius 3 is 1.35 bits per heavy atom. The van der Waals surface area contributed by atoms with Gasteiger partial charge < -0.3 is 19.8 Å². The number of fused-ring (bicyclic) bond motifs is 2. The standard InChI is InChI=1S/2C20H24ClN5/c2*21-20-24-18(22-13-7-6-10-15-8-2-1-3-9-15)17-19(25-20)26(14-23-17)16-11-4-5-12-16/h2*1-3,8-9,14,16H,4-7,10-13H2,(H,22,24,25). The van der Waals surface area contributed by atoms with Crippen molar-refractivity contribution in [2.45, 2.75) is 102 Å². The molecule has 0 aliphatic heterocycles. The number of aryl methyl sites for hydroxylation is 2. The van der Waals surface area contributed by atoms with Crippen LogP contribution in [0.1, 0.15) is 100 Å². The van der Waals surface area contributed by atoms with Crippen molar-refractivity contribution in [3.8, 4) is 0 Å². The number of unbranched alkanes of at least 4 members (excludes halogenated alkanes) is 2. The first-order valence-corrected chi connectivity index (χ1v) is 19.7. The van der Waals surface area contributed by atoms with Crippen LogP contribution in [0.25, 0.3) is 22.3 Å². The molecular formula is C40H48Cl2N10. The Hall–Kier alpha value is -4.28. The zero-order valence-electron chi connectivity index (χ0n) is 29.7. The number of halogens is 2. The Morgan fingerprint density at radius 1 is 0.538 bits per heavy atom. The molecule has 52 heavy (non-hydrogen) atoms. The van der Waals surface area contributed by atoms with E-state index in [2.05, 4.69) is 110 Å². The maximum atomic E-state index is 6.18. The first-order valence-electron chi connectivity index (χ1n) is 19.0. The minimum Gasteiger partial charge on any atom is -0.368 e. The lowest BCUT2D eigenvalue weighted by atomic mass is 10.1. The molecule has 12 heteroatoms. The zero-order valence-corrected chi connectivity index (χ0v) is 31.2. The number of anilines is 2. The summed E-state index contributed by atoms with van der Waals surface area (Å²) in [5, 5.41) is 7.38. The highest BCUT2D eigenvalue weighted by Gasteiger charge is 2.23. The molecule has 0 spiro atoms. The molecule has 0 bridgehead atoms. The minimum atomic E-state index is 0.282. The Balaban J connectivity index is 0.000000162. The van der Waals surface area contributed by atoms with Gasteiger partial charge in [0.15, 0.2) is 34.0 Å². The van der Waals surface area contributed by atoms with Crippen molar-refractivity contribution in [1.29, 1.82) is 0 Å². The van der Waals surface area contributed by atoms with Gasteiger partial charge in [-0.15, -0.1) is 0 Å². The third kappa shape index (κ3) is 9.19. The Kier molecular flexibility index (Phi) is 12.5. The fourth-order valence-electron chi connectivity index (χ4n) is 7.54. The molecule has 272 valence electrons. The van der Waals surface area contributed by atoms with E-state index in [1.165, 1.54) is 62.5 Å². The predicted molar refractivity (Wildman–Crippen MR) is 211 cm³/mol. The van der Waals surface area contributed by atoms with Crippen LogP contribution in [0.5, 0.6) is 0 Å². The van der Waals surface area contributed by atoms with Crippen LogP contribution in [-0.2, 0) is 12.8 Å². The van der Waals surface area contributed by atoms with E-state index >= 15 is 0 Å². The molecule has 2 aliphatic carbocycles. The van der Waals surface area contributed by atoms with Crippen LogP contribution in [0.15, 0.2) is 73.3 Å². The summed E-state index contributed by atoms with van der Waals surface area (Å²) >= 11 is 12.4. The van der Waals surface area contributed by atoms with Crippen LogP contribution in [-0.4, -0.2) is 52.1 Å². The summed E-state index contributed by atoms with van der Waals surface area (Å²) in [6.07, 6.45) is 20.2. The SMILES string of the molecule is Clc1nc(NCCCCc2ccccc2)c2ncn(C3CCCC3)c2n1.Clc1nc(NCCCCc2ccccc2)c2ncn(C3CCCC3)c2n1. The molecule has 2 aromatic carbocycles. The Labute approximate surface area is 315 Å². The molecule has 2 aliphatic rings. The van der Waals surface area contributed by atoms with Crippen LogP contribution in [0, 0.1) is 0 Å². The maximum Gasteiger partial charge on any atom is 0.226 e. The largest absolute Gasteiger partial charge is 0.368 e. The molecule has 0 amide bonds. The zero-order chi connectivity index (χ0) is 35.5. The second-order valence-electron chi connectivity index (χ2n) is 13.9. The third-order valence-corrected chi connectivity index (χ3v) is 10.6. The van der Waals surface area contributed by atoms with E-state index in [-0.39, 0.29) is 10.6 Å². The summed E-state index contributed by atoms with van der Waals surface area (Å²) in [6.45, 7) is 1.71. The van der Waals surface area contributed by atoms with Gasteiger partial charge in [0.25, 0.3) is 0 Å². The highest BCUT2D eigenvalue weighted by molar-refractivity contribution is 6.29. The molecule has 0 radical (unpaired) electrons. The number of hydrogen-bond donors (Lipinski definition) is 2. The molecular weight excluding hydrogens is 691 g/mol. The fourth-order valence-corrected chi connectivity index (χ4v) is 7.87. The quantitative estimate of drug-likeness (QED) is 0.0839. The lowest BCUT2D eigenvalue weighted by molar-refractivity contribution is 0.529. The van der Waals surface area contributed by atoms with Crippen molar-refractivity contribution in [3.63, 3.8) is 0 Å². The highest BCUT2D eigenvalue weighted by Crippen LogP contribution is 2.34. The summed E-state index contributed by atoms with van der Waals surface area (Å²) in [6, 6.07) is 22.2. The van der Waals surface area contributed by atoms with Gasteiger partial charge in [0.1, 0.15) is 0 Å². The van der Waals surface area contributed by atoms with Crippen molar-refractivity contribution < 1.29 is 0 Å². The smallest absolute Gasteiger partial charge is 0.226 e. The second kappa shape index (κ2) is 18.0. The van der Waals surface area contributed by atoms with Gasteiger partial charge in [-0.1, -0.05) is 86.3 Å². The van der Waals surface area contributed by atoms with Crippen molar-refractivity contribution in [2.24, 2.45) is 0 Å². The van der Waals surface area contributed by atoms with Gasteiger partial charge in [0, 0.05) is 25.2 Å². The summed E-state index contributed by atoms with van der Waals surface area (Å²) in [7, 11) is 0. The number of rotatable bonds is 14. The lowest BCUT2D eigenvalue weighted by Gasteiger charge is -2.12. The summed E-state index contributed by atoms with van der Waals surface area (Å²) < 4.78 is 4.35. The number of hydrogen-bond acceptors (Lipinski definition) is 8. The van der Waals surface area contributed by atoms with E-state index in [0.717, 1.165) is 85.6 Å². The van der Waals surface area contributed by atoms with E-state index in [4.69, 9.17) is 23.2 Å². The molecule has 2 saturated carbocycles. The molecule has 0 saturated heterocycles. The number of aromatic nitrogens is 8. The van der Waals surface area contributed by atoms with E-state index in [1.54, 1.807) is 0 Å². The average molecular weight is 740 g/mol. The van der Waals surface area contributed by atoms with Gasteiger partial charge in [-0.25, -0.2) is 9.97 Å². The average Bonchev–Trinajstić information content (AvgIpc) is 4.00. The molecule has 4 aromatic heterocycles. The summed E-state index contributed by atoms with van der Waals surface area (Å²) in [5.41, 5.74) is 6.12. The van der Waals surface area contributed by atoms with Crippen molar-refractivity contribution in [3.05, 3.63) is 95.0 Å². The summed E-state index contributed by atoms with van der Waals surface area (Å²) in [4.78, 5) is 26.7. The number of imidazole rings is 2. The van der Waals surface area contributed by atoms with Crippen LogP contribution in [0.3, 0.4) is 0 Å². The molecule has 2 N–H and O–H groups in total. The molecule has 2 fully saturated rings. The molecule has 0 unspecified atom stereocenters. The monoisotopic (exact) mass is 738 g/mol. The van der Waals surface area contributed by atoms with Crippen molar-refractivity contribution >= 4 is 57.2 Å². The van der Waals surface area contributed by atoms with Gasteiger partial charge in [-0.3, -0.25) is 0 Å². The Morgan fingerprint density at radius 2 is 0.942 bits per heavy atom. The van der Waals surface area contributed by atoms with Crippen molar-refractivity contribution in [1.82, 2.24) is 39.0 Å². The van der Waals surface area contributed by atoms with Gasteiger partial charge >= 0.3 is 0 Å². The number of nitrogens with zero attached hydrogens (tertiary/aromatic N) is 8. The topological polar surface area (TPSA) is 111 Å². The van der Waals surface area contributed by atoms with Crippen LogP contribution in [0.2, 0.25) is 10.6 Å². The number of nitrogens with one attached hydrogen (secondary N) is 2. The summed E-state index contributed by atoms with van der Waals surface area (Å²) in [5.74, 6) is 1.49. The van der Waals surface area contributed by atoms with E-state index < -0.39 is 0 Å². The van der Waals surface area contributed by atoms with Crippen molar-refractivity contribution in [2.75, 3.05) is 23.7 Å². The molecule has 8 rings (SSSR count). The minimum absolute atomic E-state index is 0.282. The second-order valence-corrected chi connectivity index (χ2v) is 14.6. The third-order valence-electron chi connectivity index (χ3n) is 10.3. The normalized spacial score (nSPS) is 15.0. The predicted octanol–water partition coefficient (Wildman–Crippen LogP) is 10.1. The first kappa shape index (κ1) is 36.1. The molecule has 6 aromatic rings. The van der Waals surface area contributed by atoms with E-state index in [9.17, 15) is 0 Å². The van der Waals surface area contributed by atoms with Crippen LogP contribution < -0.4 is 10.6 Å². The lowest BCUT2D eigenvalue weighted by Crippen LogP contribution is -2.07. The van der Waals surface area contributed by atoms with Crippen LogP contribution in [0.4, 0.5) is 11.6 Å². The maximum absolute atomic E-state index is 6.18. The van der Waals surface area contributed by atoms with Gasteiger partial charge in [-0.2, -0.15) is 19.9 Å². The first-order chi connectivity index (χ1) is 25.6. The fraction of sp³-hybridized carbons (Fsp3) is 0.450. The Bertz CT molecular complexity index is 1860. The van der Waals surface area contributed by atoms with Gasteiger partial charge in [0.2, 0.25) is 10.6 Å². The van der Waals surface area contributed by atoms with E-state index in [1.807, 2.05) is 12.7 Å². The molecule has 0 atom stereocenters. The molecule has 4 heterocycles. The van der Waals surface area contributed by atoms with Crippen LogP contribution >= 0.6 is 23.2 Å².